The second-order valence-corrected chi connectivity index (χ2v) is 2.23. The molecule has 5 N–H and O–H groups in total. The normalized spacial score (nSPS) is 8.92. The van der Waals surface area contributed by atoms with Crippen LogP contribution in [-0.2, 0) is 0 Å². The van der Waals surface area contributed by atoms with Crippen LogP contribution in [0.4, 0.5) is 4.79 Å². The topological polar surface area (TPSA) is 111 Å². The molecular formula is C7H9N5O. The van der Waals surface area contributed by atoms with Crippen LogP contribution in [0, 0.1) is 0 Å². The molecule has 0 radical (unpaired) electrons. The van der Waals surface area contributed by atoms with Gasteiger partial charge in [0, 0.05) is 0 Å². The molecule has 0 saturated carbocycles. The third-order valence-corrected chi connectivity index (χ3v) is 1.23. The number of benzene rings is 1. The number of carbonyl (C=O) groups is 1. The number of fused-ring (bicyclic) bond motifs is 1. The van der Waals surface area contributed by atoms with Gasteiger partial charge < -0.3 is 11.5 Å². The molecule has 2 rings (SSSR count). The van der Waals surface area contributed by atoms with Crippen LogP contribution in [0.15, 0.2) is 24.3 Å². The first-order valence-electron chi connectivity index (χ1n) is 3.51. The third-order valence-electron chi connectivity index (χ3n) is 1.23. The van der Waals surface area contributed by atoms with Gasteiger partial charge in [-0.25, -0.2) is 4.79 Å². The quantitative estimate of drug-likeness (QED) is 0.528. The summed E-state index contributed by atoms with van der Waals surface area (Å²) in [5.74, 6) is 0. The molecular weight excluding hydrogens is 170 g/mol. The Morgan fingerprint density at radius 2 is 1.92 bits per heavy atom. The lowest BCUT2D eigenvalue weighted by Crippen LogP contribution is -2.18. The SMILES string of the molecule is NC(N)=O.c1ccc2[nH]nnc2c1. The standard InChI is InChI=1S/C6H5N3.CH4N2O/c1-2-4-6-5(3-1)7-9-8-6;2-1(3)4/h1-4H,(H,7,8,9);(H4,2,3,4). The lowest BCUT2D eigenvalue weighted by molar-refractivity contribution is 0.256. The molecule has 2 amide bonds. The molecule has 0 aliphatic carbocycles. The van der Waals surface area contributed by atoms with E-state index in [4.69, 9.17) is 4.79 Å². The van der Waals surface area contributed by atoms with Crippen molar-refractivity contribution in [3.8, 4) is 0 Å². The van der Waals surface area contributed by atoms with Crippen LogP contribution < -0.4 is 11.5 Å². The summed E-state index contributed by atoms with van der Waals surface area (Å²) in [5, 5.41) is 10.2. The molecule has 0 aliphatic heterocycles. The summed E-state index contributed by atoms with van der Waals surface area (Å²) in [6.07, 6.45) is 0. The highest BCUT2D eigenvalue weighted by Gasteiger charge is 1.90. The maximum absolute atomic E-state index is 9.00. The van der Waals surface area contributed by atoms with E-state index in [1.165, 1.54) is 0 Å². The van der Waals surface area contributed by atoms with Crippen LogP contribution in [-0.4, -0.2) is 21.4 Å². The van der Waals surface area contributed by atoms with Crippen LogP contribution in [0.3, 0.4) is 0 Å². The van der Waals surface area contributed by atoms with Crippen LogP contribution in [0.1, 0.15) is 0 Å². The summed E-state index contributed by atoms with van der Waals surface area (Å²) in [4.78, 5) is 9.00. The van der Waals surface area contributed by atoms with E-state index in [0.29, 0.717) is 0 Å². The zero-order chi connectivity index (χ0) is 9.68. The summed E-state index contributed by atoms with van der Waals surface area (Å²) in [7, 11) is 0. The Morgan fingerprint density at radius 3 is 2.54 bits per heavy atom. The molecule has 1 aromatic heterocycles. The van der Waals surface area contributed by atoms with E-state index in [9.17, 15) is 0 Å². The molecule has 0 fully saturated rings. The van der Waals surface area contributed by atoms with Crippen molar-refractivity contribution < 1.29 is 4.79 Å². The van der Waals surface area contributed by atoms with E-state index in [-0.39, 0.29) is 0 Å². The molecule has 1 aromatic carbocycles. The van der Waals surface area contributed by atoms with Crippen LogP contribution in [0.2, 0.25) is 0 Å². The van der Waals surface area contributed by atoms with Crippen molar-refractivity contribution in [2.45, 2.75) is 0 Å². The fourth-order valence-corrected chi connectivity index (χ4v) is 0.788. The summed E-state index contributed by atoms with van der Waals surface area (Å²) in [6.45, 7) is 0. The minimum Gasteiger partial charge on any atom is -0.352 e. The van der Waals surface area contributed by atoms with E-state index in [1.54, 1.807) is 0 Å². The highest BCUT2D eigenvalue weighted by molar-refractivity contribution is 5.72. The van der Waals surface area contributed by atoms with Gasteiger partial charge in [0.15, 0.2) is 0 Å². The lowest BCUT2D eigenvalue weighted by atomic mass is 10.3. The predicted octanol–water partition coefficient (Wildman–Crippen LogP) is -0.0183. The van der Waals surface area contributed by atoms with E-state index in [0.717, 1.165) is 11.0 Å². The highest BCUT2D eigenvalue weighted by atomic mass is 16.2. The number of nitrogens with one attached hydrogen (secondary N) is 1. The molecule has 0 saturated heterocycles. The molecule has 0 spiro atoms. The van der Waals surface area contributed by atoms with Crippen molar-refractivity contribution in [3.63, 3.8) is 0 Å². The minimum absolute atomic E-state index is 0.833. The number of aromatic nitrogens is 3. The summed E-state index contributed by atoms with van der Waals surface area (Å²) >= 11 is 0. The molecule has 2 aromatic rings. The van der Waals surface area contributed by atoms with Crippen LogP contribution in [0.25, 0.3) is 11.0 Å². The maximum Gasteiger partial charge on any atom is 0.309 e. The van der Waals surface area contributed by atoms with Crippen molar-refractivity contribution in [2.75, 3.05) is 0 Å². The maximum atomic E-state index is 9.00. The van der Waals surface area contributed by atoms with Gasteiger partial charge in [-0.1, -0.05) is 17.3 Å². The highest BCUT2D eigenvalue weighted by Crippen LogP contribution is 2.03. The Morgan fingerprint density at radius 1 is 1.31 bits per heavy atom. The molecule has 6 heteroatoms. The van der Waals surface area contributed by atoms with Gasteiger partial charge in [-0.2, -0.15) is 0 Å². The Balaban J connectivity index is 0.000000184. The molecule has 68 valence electrons. The predicted molar refractivity (Wildman–Crippen MR) is 47.7 cm³/mol. The number of nitrogens with two attached hydrogens (primary N) is 2. The van der Waals surface area contributed by atoms with Crippen LogP contribution >= 0.6 is 0 Å². The minimum atomic E-state index is -0.833. The van der Waals surface area contributed by atoms with E-state index in [2.05, 4.69) is 26.9 Å². The Labute approximate surface area is 73.9 Å². The van der Waals surface area contributed by atoms with Gasteiger partial charge >= 0.3 is 6.03 Å². The number of carbonyl (C=O) groups excluding carboxylic acids is 1. The number of nitrogens with zero attached hydrogens (tertiary/aromatic N) is 2. The molecule has 13 heavy (non-hydrogen) atoms. The fourth-order valence-electron chi connectivity index (χ4n) is 0.788. The van der Waals surface area contributed by atoms with Crippen molar-refractivity contribution in [2.24, 2.45) is 11.5 Å². The Hall–Kier alpha value is -2.11. The van der Waals surface area contributed by atoms with Gasteiger partial charge in [0.1, 0.15) is 5.52 Å². The van der Waals surface area contributed by atoms with Gasteiger partial charge in [0.2, 0.25) is 0 Å². The zero-order valence-electron chi connectivity index (χ0n) is 6.77. The second kappa shape index (κ2) is 4.05. The van der Waals surface area contributed by atoms with Crippen molar-refractivity contribution in [1.82, 2.24) is 15.4 Å². The average Bonchev–Trinajstić information content (AvgIpc) is 2.49. The first kappa shape index (κ1) is 8.98. The fraction of sp³-hybridized carbons (Fsp3) is 0. The lowest BCUT2D eigenvalue weighted by Gasteiger charge is -1.79. The molecule has 0 aliphatic rings. The number of para-hydroxylation sites is 1. The van der Waals surface area contributed by atoms with Crippen molar-refractivity contribution in [3.05, 3.63) is 24.3 Å². The molecule has 0 unspecified atom stereocenters. The molecule has 0 atom stereocenters. The number of amides is 2. The van der Waals surface area contributed by atoms with E-state index in [1.807, 2.05) is 24.3 Å². The van der Waals surface area contributed by atoms with Gasteiger partial charge in [0.25, 0.3) is 0 Å². The van der Waals surface area contributed by atoms with Gasteiger partial charge in [-0.15, -0.1) is 5.10 Å². The van der Waals surface area contributed by atoms with Gasteiger partial charge in [-0.3, -0.25) is 5.10 Å². The number of H-pyrrole nitrogens is 1. The molecule has 1 heterocycles. The zero-order valence-corrected chi connectivity index (χ0v) is 6.77. The number of hydrogen-bond donors (Lipinski definition) is 3. The first-order valence-corrected chi connectivity index (χ1v) is 3.51. The second-order valence-electron chi connectivity index (χ2n) is 2.23. The van der Waals surface area contributed by atoms with Crippen molar-refractivity contribution >= 4 is 17.1 Å². The Bertz CT molecular complexity index is 362. The number of hydrogen-bond acceptors (Lipinski definition) is 3. The van der Waals surface area contributed by atoms with Gasteiger partial charge in [0.05, 0.1) is 5.52 Å². The largest absolute Gasteiger partial charge is 0.352 e. The average molecular weight is 179 g/mol. The third kappa shape index (κ3) is 2.78. The summed E-state index contributed by atoms with van der Waals surface area (Å²) in [5.41, 5.74) is 10.4. The molecule has 0 bridgehead atoms. The van der Waals surface area contributed by atoms with Crippen LogP contribution in [0.5, 0.6) is 0 Å². The smallest absolute Gasteiger partial charge is 0.309 e. The first-order chi connectivity index (χ1) is 6.20. The van der Waals surface area contributed by atoms with Crippen molar-refractivity contribution in [1.29, 1.82) is 0 Å². The monoisotopic (exact) mass is 179 g/mol. The van der Waals surface area contributed by atoms with E-state index >= 15 is 0 Å². The van der Waals surface area contributed by atoms with Gasteiger partial charge in [-0.05, 0) is 12.1 Å². The number of aromatic amines is 1. The number of primary amides is 2. The summed E-state index contributed by atoms with van der Waals surface area (Å²) in [6, 6.07) is 6.90. The number of rotatable bonds is 0. The molecule has 6 nitrogen and oxygen atoms in total. The summed E-state index contributed by atoms with van der Waals surface area (Å²) < 4.78 is 0. The van der Waals surface area contributed by atoms with E-state index < -0.39 is 6.03 Å². The number of urea groups is 1. The Kier molecular flexibility index (Phi) is 2.80.